The Balaban J connectivity index is 1.69. The molecule has 3 aromatic rings. The zero-order valence-corrected chi connectivity index (χ0v) is 19.7. The van der Waals surface area contributed by atoms with Gasteiger partial charge in [0.2, 0.25) is 5.91 Å². The van der Waals surface area contributed by atoms with Gasteiger partial charge in [0.25, 0.3) is 5.56 Å². The minimum absolute atomic E-state index is 0.102. The number of aromatic nitrogens is 2. The van der Waals surface area contributed by atoms with Gasteiger partial charge < -0.3 is 5.32 Å². The molecule has 0 unspecified atom stereocenters. The van der Waals surface area contributed by atoms with E-state index < -0.39 is 22.4 Å². The molecule has 1 aliphatic rings. The molecule has 1 N–H and O–H groups in total. The molecular weight excluding hydrogens is 444 g/mol. The molecule has 1 saturated carbocycles. The van der Waals surface area contributed by atoms with Gasteiger partial charge in [0.1, 0.15) is 11.6 Å². The Bertz CT molecular complexity index is 1250. The van der Waals surface area contributed by atoms with Gasteiger partial charge in [0.05, 0.1) is 21.8 Å². The van der Waals surface area contributed by atoms with E-state index in [-0.39, 0.29) is 22.8 Å². The van der Waals surface area contributed by atoms with Crippen LogP contribution in [0.15, 0.2) is 52.4 Å². The normalized spacial score (nSPS) is 21.7. The molecular formula is C25H27F2N3O2S. The average Bonchev–Trinajstić information content (AvgIpc) is 2.78. The molecule has 0 spiro atoms. The van der Waals surface area contributed by atoms with Gasteiger partial charge in [-0.3, -0.25) is 14.2 Å². The maximum absolute atomic E-state index is 14.7. The monoisotopic (exact) mass is 471 g/mol. The summed E-state index contributed by atoms with van der Waals surface area (Å²) < 4.78 is 29.3. The number of halogens is 2. The second-order valence-electron chi connectivity index (χ2n) is 8.79. The molecule has 1 amide bonds. The molecule has 174 valence electrons. The van der Waals surface area contributed by atoms with E-state index in [1.165, 1.54) is 6.07 Å². The van der Waals surface area contributed by atoms with Crippen LogP contribution in [-0.4, -0.2) is 26.8 Å². The van der Waals surface area contributed by atoms with Crippen LogP contribution in [0.25, 0.3) is 16.6 Å². The molecule has 5 nitrogen and oxygen atoms in total. The molecule has 1 fully saturated rings. The summed E-state index contributed by atoms with van der Waals surface area (Å²) in [6, 6.07) is 9.90. The Kier molecular flexibility index (Phi) is 6.83. The molecule has 2 aromatic carbocycles. The number of thioether (sulfide) groups is 1. The van der Waals surface area contributed by atoms with Crippen molar-refractivity contribution < 1.29 is 13.6 Å². The van der Waals surface area contributed by atoms with E-state index in [1.807, 2.05) is 0 Å². The minimum Gasteiger partial charge on any atom is -0.352 e. The van der Waals surface area contributed by atoms with E-state index >= 15 is 0 Å². The standard InChI is InChI=1S/C25H27F2N3O2S/c1-14-7-6-10-20(15(14)2)28-23(31)16(3)33-25-29-21-9-5-4-8-18(21)24(32)30(25)22-12-11-17(26)13-19(22)27/h4-5,8-9,11-16,20H,6-7,10H2,1-3H3,(H,28,31)/t14-,15+,16-,20-/m1/s1. The van der Waals surface area contributed by atoms with Crippen molar-refractivity contribution in [1.82, 2.24) is 14.9 Å². The number of fused-ring (bicyclic) bond motifs is 1. The fourth-order valence-electron chi connectivity index (χ4n) is 4.36. The van der Waals surface area contributed by atoms with E-state index in [4.69, 9.17) is 0 Å². The van der Waals surface area contributed by atoms with Crippen molar-refractivity contribution in [2.75, 3.05) is 0 Å². The number of hydrogen-bond donors (Lipinski definition) is 1. The Labute approximate surface area is 195 Å². The summed E-state index contributed by atoms with van der Waals surface area (Å²) in [6.45, 7) is 6.10. The zero-order valence-electron chi connectivity index (χ0n) is 18.8. The van der Waals surface area contributed by atoms with Crippen LogP contribution in [0.4, 0.5) is 8.78 Å². The summed E-state index contributed by atoms with van der Waals surface area (Å²) in [5.74, 6) is -0.848. The number of rotatable bonds is 5. The first kappa shape index (κ1) is 23.4. The summed E-state index contributed by atoms with van der Waals surface area (Å²) >= 11 is 1.09. The Morgan fingerprint density at radius 1 is 1.18 bits per heavy atom. The van der Waals surface area contributed by atoms with Gasteiger partial charge in [-0.05, 0) is 49.4 Å². The fraction of sp³-hybridized carbons (Fsp3) is 0.400. The molecule has 0 saturated heterocycles. The Morgan fingerprint density at radius 3 is 2.70 bits per heavy atom. The Hall–Kier alpha value is -2.74. The molecule has 0 bridgehead atoms. The van der Waals surface area contributed by atoms with Crippen LogP contribution in [0.2, 0.25) is 0 Å². The maximum atomic E-state index is 14.7. The van der Waals surface area contributed by atoms with Crippen LogP contribution in [0.1, 0.15) is 40.0 Å². The van der Waals surface area contributed by atoms with Crippen molar-refractivity contribution in [3.63, 3.8) is 0 Å². The lowest BCUT2D eigenvalue weighted by molar-refractivity contribution is -0.121. The van der Waals surface area contributed by atoms with Gasteiger partial charge in [-0.1, -0.05) is 50.6 Å². The fourth-order valence-corrected chi connectivity index (χ4v) is 5.29. The first-order valence-corrected chi connectivity index (χ1v) is 12.1. The van der Waals surface area contributed by atoms with Crippen LogP contribution in [0, 0.1) is 23.5 Å². The molecule has 8 heteroatoms. The minimum atomic E-state index is -0.877. The third-order valence-electron chi connectivity index (χ3n) is 6.58. The van der Waals surface area contributed by atoms with Crippen molar-refractivity contribution >= 4 is 28.6 Å². The number of benzene rings is 2. The van der Waals surface area contributed by atoms with Crippen molar-refractivity contribution in [1.29, 1.82) is 0 Å². The topological polar surface area (TPSA) is 64.0 Å². The quantitative estimate of drug-likeness (QED) is 0.416. The summed E-state index contributed by atoms with van der Waals surface area (Å²) in [6.07, 6.45) is 3.18. The summed E-state index contributed by atoms with van der Waals surface area (Å²) in [5.41, 5.74) is -0.133. The molecule has 0 radical (unpaired) electrons. The van der Waals surface area contributed by atoms with Crippen LogP contribution in [0.3, 0.4) is 0 Å². The predicted molar refractivity (Wildman–Crippen MR) is 127 cm³/mol. The molecule has 1 aromatic heterocycles. The largest absolute Gasteiger partial charge is 0.352 e. The van der Waals surface area contributed by atoms with Crippen molar-refractivity contribution in [2.45, 2.75) is 56.5 Å². The number of hydrogen-bond acceptors (Lipinski definition) is 4. The van der Waals surface area contributed by atoms with Gasteiger partial charge in [-0.25, -0.2) is 13.8 Å². The highest BCUT2D eigenvalue weighted by Crippen LogP contribution is 2.31. The van der Waals surface area contributed by atoms with E-state index in [2.05, 4.69) is 24.1 Å². The summed E-state index contributed by atoms with van der Waals surface area (Å²) in [5, 5.41) is 3.07. The number of para-hydroxylation sites is 1. The predicted octanol–water partition coefficient (Wildman–Crippen LogP) is 5.09. The first-order valence-electron chi connectivity index (χ1n) is 11.2. The zero-order chi connectivity index (χ0) is 23.7. The van der Waals surface area contributed by atoms with E-state index in [1.54, 1.807) is 31.2 Å². The Morgan fingerprint density at radius 2 is 1.94 bits per heavy atom. The van der Waals surface area contributed by atoms with E-state index in [0.29, 0.717) is 22.7 Å². The second-order valence-corrected chi connectivity index (χ2v) is 10.1. The number of carbonyl (C=O) groups excluding carboxylic acids is 1. The molecule has 33 heavy (non-hydrogen) atoms. The molecule has 1 aliphatic carbocycles. The second kappa shape index (κ2) is 9.63. The van der Waals surface area contributed by atoms with Crippen LogP contribution in [-0.2, 0) is 4.79 Å². The molecule has 0 aliphatic heterocycles. The molecule has 4 atom stereocenters. The van der Waals surface area contributed by atoms with Crippen molar-refractivity contribution in [3.8, 4) is 5.69 Å². The van der Waals surface area contributed by atoms with Crippen molar-refractivity contribution in [2.24, 2.45) is 11.8 Å². The molecule has 1 heterocycles. The van der Waals surface area contributed by atoms with Crippen LogP contribution >= 0.6 is 11.8 Å². The maximum Gasteiger partial charge on any atom is 0.266 e. The lowest BCUT2D eigenvalue weighted by Gasteiger charge is -2.35. The third kappa shape index (κ3) is 4.81. The highest BCUT2D eigenvalue weighted by atomic mass is 32.2. The number of nitrogens with one attached hydrogen (secondary N) is 1. The van der Waals surface area contributed by atoms with Crippen LogP contribution < -0.4 is 10.9 Å². The average molecular weight is 472 g/mol. The highest BCUT2D eigenvalue weighted by molar-refractivity contribution is 8.00. The van der Waals surface area contributed by atoms with Gasteiger partial charge in [-0.2, -0.15) is 0 Å². The van der Waals surface area contributed by atoms with Gasteiger partial charge in [-0.15, -0.1) is 0 Å². The lowest BCUT2D eigenvalue weighted by atomic mass is 9.78. The first-order chi connectivity index (χ1) is 15.8. The van der Waals surface area contributed by atoms with E-state index in [9.17, 15) is 18.4 Å². The van der Waals surface area contributed by atoms with Gasteiger partial charge in [0.15, 0.2) is 5.16 Å². The van der Waals surface area contributed by atoms with Gasteiger partial charge >= 0.3 is 0 Å². The van der Waals surface area contributed by atoms with E-state index in [0.717, 1.165) is 47.7 Å². The number of nitrogens with zero attached hydrogens (tertiary/aromatic N) is 2. The summed E-state index contributed by atoms with van der Waals surface area (Å²) in [7, 11) is 0. The SMILES string of the molecule is C[C@H]1[C@H](C)CCC[C@H]1NC(=O)[C@@H](C)Sc1nc2ccccc2c(=O)n1-c1ccc(F)cc1F. The molecule has 4 rings (SSSR count). The van der Waals surface area contributed by atoms with Crippen molar-refractivity contribution in [3.05, 3.63) is 64.5 Å². The lowest BCUT2D eigenvalue weighted by Crippen LogP contribution is -2.46. The highest BCUT2D eigenvalue weighted by Gasteiger charge is 2.30. The number of amides is 1. The smallest absolute Gasteiger partial charge is 0.266 e. The summed E-state index contributed by atoms with van der Waals surface area (Å²) in [4.78, 5) is 30.8. The number of carbonyl (C=O) groups is 1. The van der Waals surface area contributed by atoms with Gasteiger partial charge in [0, 0.05) is 12.1 Å². The van der Waals surface area contributed by atoms with Crippen LogP contribution in [0.5, 0.6) is 0 Å². The third-order valence-corrected chi connectivity index (χ3v) is 7.63.